The Kier molecular flexibility index (Phi) is 6.23. The molecule has 0 aromatic heterocycles. The molecule has 8 heteroatoms. The maximum absolute atomic E-state index is 12.3. The first kappa shape index (κ1) is 19.7. The van der Waals surface area contributed by atoms with E-state index in [9.17, 15) is 13.2 Å². The topological polar surface area (TPSA) is 87.7 Å². The fraction of sp³-hybridized carbons (Fsp3) is 0.278. The number of methoxy groups -OCH3 is 1. The van der Waals surface area contributed by atoms with Crippen molar-refractivity contribution in [3.8, 4) is 5.75 Å². The number of anilines is 2. The molecule has 0 spiro atoms. The third-order valence-electron chi connectivity index (χ3n) is 3.77. The van der Waals surface area contributed by atoms with E-state index in [1.165, 1.54) is 20.2 Å². The molecule has 0 saturated carbocycles. The van der Waals surface area contributed by atoms with Crippen molar-refractivity contribution >= 4 is 27.3 Å². The Balaban J connectivity index is 2.03. The average Bonchev–Trinajstić information content (AvgIpc) is 2.61. The summed E-state index contributed by atoms with van der Waals surface area (Å²) >= 11 is 0. The lowest BCUT2D eigenvalue weighted by Gasteiger charge is -2.15. The Morgan fingerprint density at radius 2 is 1.69 bits per heavy atom. The van der Waals surface area contributed by atoms with Crippen LogP contribution in [0.3, 0.4) is 0 Å². The molecule has 0 aliphatic rings. The van der Waals surface area contributed by atoms with Gasteiger partial charge in [-0.1, -0.05) is 6.07 Å². The molecular weight excluding hydrogens is 354 g/mol. The van der Waals surface area contributed by atoms with E-state index in [0.717, 1.165) is 4.31 Å². The molecule has 0 aliphatic carbocycles. The SMILES string of the molecule is COc1ccc(NC(=O)CNc2ccc(C)c(S(=O)(=O)N(C)C)c2)cc1. The molecule has 0 bridgehead atoms. The fourth-order valence-corrected chi connectivity index (χ4v) is 3.39. The molecule has 2 N–H and O–H groups in total. The smallest absolute Gasteiger partial charge is 0.243 e. The van der Waals surface area contributed by atoms with E-state index in [1.807, 2.05) is 0 Å². The van der Waals surface area contributed by atoms with Crippen molar-refractivity contribution in [2.45, 2.75) is 11.8 Å². The van der Waals surface area contributed by atoms with Crippen LogP contribution < -0.4 is 15.4 Å². The number of aryl methyl sites for hydroxylation is 1. The standard InChI is InChI=1S/C18H23N3O4S/c1-13-5-6-15(11-17(13)26(23,24)21(2)3)19-12-18(22)20-14-7-9-16(25-4)10-8-14/h5-11,19H,12H2,1-4H3,(H,20,22). The van der Waals surface area contributed by atoms with Gasteiger partial charge in [-0.05, 0) is 48.9 Å². The van der Waals surface area contributed by atoms with Crippen LogP contribution in [0.1, 0.15) is 5.56 Å². The Hall–Kier alpha value is -2.58. The van der Waals surface area contributed by atoms with E-state index < -0.39 is 10.0 Å². The largest absolute Gasteiger partial charge is 0.497 e. The van der Waals surface area contributed by atoms with E-state index in [1.54, 1.807) is 50.4 Å². The second-order valence-electron chi connectivity index (χ2n) is 5.90. The lowest BCUT2D eigenvalue weighted by Crippen LogP contribution is -2.24. The van der Waals surface area contributed by atoms with Crippen molar-refractivity contribution in [3.63, 3.8) is 0 Å². The van der Waals surface area contributed by atoms with Gasteiger partial charge in [0.05, 0.1) is 18.6 Å². The molecule has 26 heavy (non-hydrogen) atoms. The molecule has 0 heterocycles. The summed E-state index contributed by atoms with van der Waals surface area (Å²) in [4.78, 5) is 12.3. The van der Waals surface area contributed by atoms with Crippen molar-refractivity contribution < 1.29 is 17.9 Å². The molecule has 1 amide bonds. The summed E-state index contributed by atoms with van der Waals surface area (Å²) in [5, 5.41) is 5.70. The number of hydrogen-bond donors (Lipinski definition) is 2. The number of amides is 1. The van der Waals surface area contributed by atoms with Crippen LogP contribution in [0, 0.1) is 6.92 Å². The monoisotopic (exact) mass is 377 g/mol. The van der Waals surface area contributed by atoms with Gasteiger partial charge in [-0.25, -0.2) is 12.7 Å². The number of benzene rings is 2. The van der Waals surface area contributed by atoms with Crippen LogP contribution in [0.4, 0.5) is 11.4 Å². The number of carbonyl (C=O) groups excluding carboxylic acids is 1. The van der Waals surface area contributed by atoms with Gasteiger partial charge < -0.3 is 15.4 Å². The van der Waals surface area contributed by atoms with Gasteiger partial charge >= 0.3 is 0 Å². The normalized spacial score (nSPS) is 11.3. The number of carbonyl (C=O) groups is 1. The fourth-order valence-electron chi connectivity index (χ4n) is 2.25. The van der Waals surface area contributed by atoms with Gasteiger partial charge in [-0.15, -0.1) is 0 Å². The molecule has 0 aliphatic heterocycles. The Labute approximate surface area is 154 Å². The van der Waals surface area contributed by atoms with Gasteiger partial charge in [0.25, 0.3) is 0 Å². The summed E-state index contributed by atoms with van der Waals surface area (Å²) < 4.78 is 30.9. The number of sulfonamides is 1. The summed E-state index contributed by atoms with van der Waals surface area (Å²) in [6, 6.07) is 12.0. The van der Waals surface area contributed by atoms with E-state index in [4.69, 9.17) is 4.74 Å². The molecule has 0 radical (unpaired) electrons. The van der Waals surface area contributed by atoms with Crippen molar-refractivity contribution in [2.75, 3.05) is 38.4 Å². The van der Waals surface area contributed by atoms with Crippen LogP contribution in [-0.2, 0) is 14.8 Å². The number of nitrogens with one attached hydrogen (secondary N) is 2. The van der Waals surface area contributed by atoms with Gasteiger partial charge in [0.15, 0.2) is 0 Å². The summed E-state index contributed by atoms with van der Waals surface area (Å²) in [6.07, 6.45) is 0. The summed E-state index contributed by atoms with van der Waals surface area (Å²) in [6.45, 7) is 1.74. The molecular formula is C18H23N3O4S. The molecule has 0 fully saturated rings. The van der Waals surface area contributed by atoms with Crippen LogP contribution >= 0.6 is 0 Å². The quantitative estimate of drug-likeness (QED) is 0.773. The molecule has 2 rings (SSSR count). The highest BCUT2D eigenvalue weighted by atomic mass is 32.2. The predicted octanol–water partition coefficient (Wildman–Crippen LogP) is 2.30. The molecule has 0 unspecified atom stereocenters. The van der Waals surface area contributed by atoms with E-state index in [-0.39, 0.29) is 17.3 Å². The minimum Gasteiger partial charge on any atom is -0.497 e. The van der Waals surface area contributed by atoms with Gasteiger partial charge in [0, 0.05) is 25.5 Å². The number of rotatable bonds is 7. The van der Waals surface area contributed by atoms with Crippen molar-refractivity contribution in [1.29, 1.82) is 0 Å². The first-order valence-electron chi connectivity index (χ1n) is 7.95. The van der Waals surface area contributed by atoms with Gasteiger partial charge in [-0.2, -0.15) is 0 Å². The Bertz CT molecular complexity index is 878. The first-order valence-corrected chi connectivity index (χ1v) is 9.39. The van der Waals surface area contributed by atoms with Crippen LogP contribution in [0.15, 0.2) is 47.4 Å². The summed E-state index contributed by atoms with van der Waals surface area (Å²) in [5.74, 6) is 0.461. The second kappa shape index (κ2) is 8.20. The zero-order chi connectivity index (χ0) is 19.3. The highest BCUT2D eigenvalue weighted by Crippen LogP contribution is 2.22. The number of ether oxygens (including phenoxy) is 1. The molecule has 0 saturated heterocycles. The van der Waals surface area contributed by atoms with Crippen LogP contribution in [0.2, 0.25) is 0 Å². The maximum Gasteiger partial charge on any atom is 0.243 e. The third kappa shape index (κ3) is 4.74. The first-order chi connectivity index (χ1) is 12.2. The molecule has 2 aromatic carbocycles. The van der Waals surface area contributed by atoms with Crippen LogP contribution in [-0.4, -0.2) is 46.4 Å². The summed E-state index contributed by atoms with van der Waals surface area (Å²) in [5.41, 5.74) is 1.85. The number of nitrogens with zero attached hydrogens (tertiary/aromatic N) is 1. The van der Waals surface area contributed by atoms with Crippen molar-refractivity contribution in [1.82, 2.24) is 4.31 Å². The molecule has 0 atom stereocenters. The lowest BCUT2D eigenvalue weighted by molar-refractivity contribution is -0.114. The Morgan fingerprint density at radius 3 is 2.27 bits per heavy atom. The van der Waals surface area contributed by atoms with Crippen LogP contribution in [0.5, 0.6) is 5.75 Å². The second-order valence-corrected chi connectivity index (χ2v) is 8.02. The average molecular weight is 377 g/mol. The molecule has 140 valence electrons. The molecule has 2 aromatic rings. The predicted molar refractivity (Wildman–Crippen MR) is 102 cm³/mol. The van der Waals surface area contributed by atoms with E-state index in [0.29, 0.717) is 22.7 Å². The van der Waals surface area contributed by atoms with E-state index >= 15 is 0 Å². The highest BCUT2D eigenvalue weighted by molar-refractivity contribution is 7.89. The molecule has 7 nitrogen and oxygen atoms in total. The van der Waals surface area contributed by atoms with Gasteiger partial charge in [0.1, 0.15) is 5.75 Å². The Morgan fingerprint density at radius 1 is 1.08 bits per heavy atom. The van der Waals surface area contributed by atoms with E-state index in [2.05, 4.69) is 10.6 Å². The van der Waals surface area contributed by atoms with Crippen molar-refractivity contribution in [2.24, 2.45) is 0 Å². The van der Waals surface area contributed by atoms with Gasteiger partial charge in [0.2, 0.25) is 15.9 Å². The minimum absolute atomic E-state index is 0.0105. The highest BCUT2D eigenvalue weighted by Gasteiger charge is 2.20. The zero-order valence-corrected chi connectivity index (χ0v) is 16.1. The summed E-state index contributed by atoms with van der Waals surface area (Å²) in [7, 11) is 0.997. The maximum atomic E-state index is 12.3. The van der Waals surface area contributed by atoms with Crippen LogP contribution in [0.25, 0.3) is 0 Å². The zero-order valence-electron chi connectivity index (χ0n) is 15.2. The number of hydrogen-bond acceptors (Lipinski definition) is 5. The third-order valence-corrected chi connectivity index (χ3v) is 5.73. The lowest BCUT2D eigenvalue weighted by atomic mass is 10.2. The van der Waals surface area contributed by atoms with Crippen molar-refractivity contribution in [3.05, 3.63) is 48.0 Å². The minimum atomic E-state index is -3.54. The van der Waals surface area contributed by atoms with Gasteiger partial charge in [-0.3, -0.25) is 4.79 Å².